The summed E-state index contributed by atoms with van der Waals surface area (Å²) in [7, 11) is 0. The van der Waals surface area contributed by atoms with Crippen LogP contribution in [0.5, 0.6) is 11.5 Å². The van der Waals surface area contributed by atoms with Gasteiger partial charge in [-0.2, -0.15) is 0 Å². The molecule has 0 amide bonds. The number of carbonyl (C=O) groups is 1. The molecule has 0 atom stereocenters. The normalized spacial score (nSPS) is 12.9. The Kier molecular flexibility index (Phi) is 4.14. The predicted octanol–water partition coefficient (Wildman–Crippen LogP) is 5.10. The van der Waals surface area contributed by atoms with E-state index >= 15 is 0 Å². The van der Waals surface area contributed by atoms with Crippen LogP contribution in [-0.4, -0.2) is 5.78 Å². The highest BCUT2D eigenvalue weighted by Crippen LogP contribution is 2.39. The Balaban J connectivity index is 1.84. The maximum absolute atomic E-state index is 12.3. The fraction of sp³-hybridized carbons (Fsp3) is 0.211. The molecule has 1 aliphatic heterocycles. The number of Topliss-reactive ketones (excluding diaryl/α,β-unsaturated/α-hetero) is 1. The van der Waals surface area contributed by atoms with Crippen LogP contribution in [0.2, 0.25) is 5.02 Å². The van der Waals surface area contributed by atoms with Crippen LogP contribution in [-0.2, 0) is 6.61 Å². The first-order valence-corrected chi connectivity index (χ1v) is 7.76. The van der Waals surface area contributed by atoms with E-state index in [-0.39, 0.29) is 5.78 Å². The number of allylic oxidation sites excluding steroid dienone is 2. The van der Waals surface area contributed by atoms with Crippen molar-refractivity contribution in [2.24, 2.45) is 0 Å². The molecule has 4 heteroatoms. The largest absolute Gasteiger partial charge is 0.488 e. The number of carbonyl (C=O) groups excluding carboxylic acids is 1. The Morgan fingerprint density at radius 3 is 2.48 bits per heavy atom. The average molecular weight is 329 g/mol. The Morgan fingerprint density at radius 1 is 1.13 bits per heavy atom. The van der Waals surface area contributed by atoms with E-state index < -0.39 is 0 Å². The molecule has 0 saturated carbocycles. The second kappa shape index (κ2) is 6.09. The van der Waals surface area contributed by atoms with Gasteiger partial charge in [-0.25, -0.2) is 0 Å². The van der Waals surface area contributed by atoms with Crippen molar-refractivity contribution < 1.29 is 14.3 Å². The molecule has 1 aliphatic rings. The summed E-state index contributed by atoms with van der Waals surface area (Å²) in [6, 6.07) is 11.1. The maximum atomic E-state index is 12.3. The van der Waals surface area contributed by atoms with E-state index in [9.17, 15) is 4.79 Å². The van der Waals surface area contributed by atoms with Gasteiger partial charge in [0, 0.05) is 10.6 Å². The van der Waals surface area contributed by atoms with Crippen LogP contribution >= 0.6 is 11.6 Å². The minimum absolute atomic E-state index is 0.0626. The highest BCUT2D eigenvalue weighted by atomic mass is 35.5. The first kappa shape index (κ1) is 15.6. The molecular formula is C19H17ClO3. The molecule has 0 spiro atoms. The fourth-order valence-electron chi connectivity index (χ4n) is 2.48. The number of rotatable bonds is 3. The lowest BCUT2D eigenvalue weighted by atomic mass is 10.1. The van der Waals surface area contributed by atoms with Gasteiger partial charge in [-0.15, -0.1) is 0 Å². The molecule has 1 heterocycles. The van der Waals surface area contributed by atoms with Crippen LogP contribution in [0.4, 0.5) is 0 Å². The monoisotopic (exact) mass is 328 g/mol. The van der Waals surface area contributed by atoms with Crippen molar-refractivity contribution in [1.82, 2.24) is 0 Å². The third-order valence-electron chi connectivity index (χ3n) is 3.77. The molecule has 0 fully saturated rings. The number of benzene rings is 2. The van der Waals surface area contributed by atoms with E-state index in [0.29, 0.717) is 34.5 Å². The molecule has 3 nitrogen and oxygen atoms in total. The number of hydrogen-bond donors (Lipinski definition) is 0. The molecule has 0 aromatic heterocycles. The zero-order valence-corrected chi connectivity index (χ0v) is 14.0. The first-order valence-electron chi connectivity index (χ1n) is 7.38. The molecule has 0 aliphatic carbocycles. The van der Waals surface area contributed by atoms with Gasteiger partial charge in [-0.05, 0) is 56.2 Å². The van der Waals surface area contributed by atoms with Crippen molar-refractivity contribution in [1.29, 1.82) is 0 Å². The summed E-state index contributed by atoms with van der Waals surface area (Å²) in [5, 5.41) is 0.698. The van der Waals surface area contributed by atoms with Crippen molar-refractivity contribution in [3.63, 3.8) is 0 Å². The molecule has 0 saturated heterocycles. The lowest BCUT2D eigenvalue weighted by Crippen LogP contribution is -2.00. The van der Waals surface area contributed by atoms with Crippen molar-refractivity contribution >= 4 is 17.4 Å². The number of halogens is 1. The summed E-state index contributed by atoms with van der Waals surface area (Å²) in [5.41, 5.74) is 3.32. The van der Waals surface area contributed by atoms with E-state index in [1.807, 2.05) is 51.1 Å². The highest BCUT2D eigenvalue weighted by Gasteiger charge is 2.30. The van der Waals surface area contributed by atoms with Crippen molar-refractivity contribution in [3.05, 3.63) is 69.4 Å². The maximum Gasteiger partial charge on any atom is 0.231 e. The van der Waals surface area contributed by atoms with Gasteiger partial charge >= 0.3 is 0 Å². The van der Waals surface area contributed by atoms with Gasteiger partial charge in [0.05, 0.1) is 5.56 Å². The standard InChI is InChI=1S/C19H17ClO3/c1-11(2)18-17(21)15-8-9-16(12(3)19(15)23-18)22-10-13-4-6-14(20)7-5-13/h4-9H,10H2,1-3H3. The highest BCUT2D eigenvalue weighted by molar-refractivity contribution is 6.30. The van der Waals surface area contributed by atoms with Crippen LogP contribution in [0.15, 0.2) is 47.7 Å². The van der Waals surface area contributed by atoms with Gasteiger partial charge in [0.15, 0.2) is 5.76 Å². The third-order valence-corrected chi connectivity index (χ3v) is 4.02. The molecule has 2 aromatic carbocycles. The smallest absolute Gasteiger partial charge is 0.231 e. The number of ketones is 1. The van der Waals surface area contributed by atoms with Crippen molar-refractivity contribution in [3.8, 4) is 11.5 Å². The van der Waals surface area contributed by atoms with E-state index in [4.69, 9.17) is 21.1 Å². The predicted molar refractivity (Wildman–Crippen MR) is 90.3 cm³/mol. The topological polar surface area (TPSA) is 35.5 Å². The van der Waals surface area contributed by atoms with E-state index in [1.54, 1.807) is 6.07 Å². The molecule has 23 heavy (non-hydrogen) atoms. The zero-order chi connectivity index (χ0) is 16.6. The summed E-state index contributed by atoms with van der Waals surface area (Å²) >= 11 is 5.88. The fourth-order valence-corrected chi connectivity index (χ4v) is 2.61. The quantitative estimate of drug-likeness (QED) is 0.736. The van der Waals surface area contributed by atoms with Gasteiger partial charge < -0.3 is 9.47 Å². The lowest BCUT2D eigenvalue weighted by molar-refractivity contribution is 0.101. The summed E-state index contributed by atoms with van der Waals surface area (Å²) < 4.78 is 11.6. The van der Waals surface area contributed by atoms with Crippen molar-refractivity contribution in [2.45, 2.75) is 27.4 Å². The molecule has 0 N–H and O–H groups in total. The molecule has 0 bridgehead atoms. The Labute approximate surface area is 140 Å². The molecule has 0 radical (unpaired) electrons. The summed E-state index contributed by atoms with van der Waals surface area (Å²) in [6.07, 6.45) is 0. The Morgan fingerprint density at radius 2 is 1.83 bits per heavy atom. The molecular weight excluding hydrogens is 312 g/mol. The van der Waals surface area contributed by atoms with Gasteiger partial charge in [0.2, 0.25) is 5.78 Å². The van der Waals surface area contributed by atoms with Gasteiger partial charge in [0.25, 0.3) is 0 Å². The lowest BCUT2D eigenvalue weighted by Gasteiger charge is -2.11. The van der Waals surface area contributed by atoms with Crippen LogP contribution in [0.25, 0.3) is 0 Å². The molecule has 3 rings (SSSR count). The summed E-state index contributed by atoms with van der Waals surface area (Å²) in [5.74, 6) is 1.66. The van der Waals surface area contributed by atoms with Gasteiger partial charge in [0.1, 0.15) is 18.1 Å². The molecule has 118 valence electrons. The van der Waals surface area contributed by atoms with E-state index in [0.717, 1.165) is 16.7 Å². The zero-order valence-electron chi connectivity index (χ0n) is 13.3. The number of ether oxygens (including phenoxy) is 2. The van der Waals surface area contributed by atoms with Crippen LogP contribution in [0, 0.1) is 6.92 Å². The SMILES string of the molecule is CC(C)=C1Oc2c(ccc(OCc3ccc(Cl)cc3)c2C)C1=O. The summed E-state index contributed by atoms with van der Waals surface area (Å²) in [4.78, 5) is 12.3. The van der Waals surface area contributed by atoms with Crippen molar-refractivity contribution in [2.75, 3.05) is 0 Å². The minimum Gasteiger partial charge on any atom is -0.488 e. The van der Waals surface area contributed by atoms with Crippen LogP contribution < -0.4 is 9.47 Å². The number of hydrogen-bond acceptors (Lipinski definition) is 3. The third kappa shape index (κ3) is 2.97. The Bertz CT molecular complexity index is 800. The second-order valence-corrected chi connectivity index (χ2v) is 6.18. The van der Waals surface area contributed by atoms with Gasteiger partial charge in [-0.3, -0.25) is 4.79 Å². The second-order valence-electron chi connectivity index (χ2n) is 5.74. The van der Waals surface area contributed by atoms with E-state index in [2.05, 4.69) is 0 Å². The van der Waals surface area contributed by atoms with Gasteiger partial charge in [-0.1, -0.05) is 23.7 Å². The summed E-state index contributed by atoms with van der Waals surface area (Å²) in [6.45, 7) is 6.07. The first-order chi connectivity index (χ1) is 11.0. The Hall–Kier alpha value is -2.26. The number of fused-ring (bicyclic) bond motifs is 1. The average Bonchev–Trinajstić information content (AvgIpc) is 2.86. The molecule has 2 aromatic rings. The minimum atomic E-state index is -0.0626. The van der Waals surface area contributed by atoms with Crippen LogP contribution in [0.3, 0.4) is 0 Å². The van der Waals surface area contributed by atoms with E-state index in [1.165, 1.54) is 0 Å². The van der Waals surface area contributed by atoms with Crippen LogP contribution in [0.1, 0.15) is 35.3 Å². The molecule has 0 unspecified atom stereocenters.